The van der Waals surface area contributed by atoms with Crippen molar-refractivity contribution < 1.29 is 4.79 Å². The van der Waals surface area contributed by atoms with Gasteiger partial charge < -0.3 is 10.7 Å². The maximum Gasteiger partial charge on any atom is 0.253 e. The van der Waals surface area contributed by atoms with Crippen LogP contribution in [0.1, 0.15) is 60.9 Å². The summed E-state index contributed by atoms with van der Waals surface area (Å²) in [5, 5.41) is 3.17. The van der Waals surface area contributed by atoms with Crippen LogP contribution in [0.15, 0.2) is 18.2 Å². The zero-order chi connectivity index (χ0) is 14.4. The lowest BCUT2D eigenvalue weighted by molar-refractivity contribution is 0.0931. The molecule has 1 saturated carbocycles. The fourth-order valence-electron chi connectivity index (χ4n) is 2.84. The SMILES string of the molecule is Cc1ccc(NN)c(C(=O)NC2CCCCCCC2)c1. The molecule has 0 heterocycles. The minimum absolute atomic E-state index is 0.0211. The molecule has 0 aromatic heterocycles. The molecule has 20 heavy (non-hydrogen) atoms. The van der Waals surface area contributed by atoms with Gasteiger partial charge in [0, 0.05) is 6.04 Å². The number of rotatable bonds is 3. The number of benzene rings is 1. The highest BCUT2D eigenvalue weighted by atomic mass is 16.1. The second kappa shape index (κ2) is 7.29. The van der Waals surface area contributed by atoms with Crippen molar-refractivity contribution in [3.05, 3.63) is 29.3 Å². The maximum absolute atomic E-state index is 12.4. The standard InChI is InChI=1S/C16H25N3O/c1-12-9-10-15(19-17)14(11-12)16(20)18-13-7-5-3-2-4-6-8-13/h9-11,13,19H,2-8,17H2,1H3,(H,18,20). The molecule has 1 aliphatic carbocycles. The molecule has 0 atom stereocenters. The molecule has 1 amide bonds. The van der Waals surface area contributed by atoms with Gasteiger partial charge in [-0.3, -0.25) is 10.6 Å². The summed E-state index contributed by atoms with van der Waals surface area (Å²) in [6.45, 7) is 1.98. The highest BCUT2D eigenvalue weighted by Gasteiger charge is 2.17. The van der Waals surface area contributed by atoms with Crippen LogP contribution in [-0.4, -0.2) is 11.9 Å². The van der Waals surface area contributed by atoms with Crippen molar-refractivity contribution in [1.29, 1.82) is 0 Å². The van der Waals surface area contributed by atoms with E-state index in [9.17, 15) is 4.79 Å². The van der Waals surface area contributed by atoms with Crippen molar-refractivity contribution >= 4 is 11.6 Å². The van der Waals surface area contributed by atoms with E-state index in [0.717, 1.165) is 18.4 Å². The lowest BCUT2D eigenvalue weighted by Gasteiger charge is -2.21. The molecule has 4 heteroatoms. The van der Waals surface area contributed by atoms with Crippen LogP contribution in [0.5, 0.6) is 0 Å². The largest absolute Gasteiger partial charge is 0.349 e. The average molecular weight is 275 g/mol. The summed E-state index contributed by atoms with van der Waals surface area (Å²) >= 11 is 0. The maximum atomic E-state index is 12.4. The fourth-order valence-corrected chi connectivity index (χ4v) is 2.84. The predicted octanol–water partition coefficient (Wildman–Crippen LogP) is 3.12. The summed E-state index contributed by atoms with van der Waals surface area (Å²) in [4.78, 5) is 12.4. The van der Waals surface area contributed by atoms with Crippen molar-refractivity contribution in [2.24, 2.45) is 5.84 Å². The molecule has 110 valence electrons. The summed E-state index contributed by atoms with van der Waals surface area (Å²) in [5.74, 6) is 5.47. The Bertz CT molecular complexity index is 451. The number of aryl methyl sites for hydroxylation is 1. The first-order chi connectivity index (χ1) is 9.70. The van der Waals surface area contributed by atoms with E-state index in [1.165, 1.54) is 32.1 Å². The van der Waals surface area contributed by atoms with E-state index in [2.05, 4.69) is 10.7 Å². The lowest BCUT2D eigenvalue weighted by atomic mass is 9.96. The fraction of sp³-hybridized carbons (Fsp3) is 0.562. The molecule has 2 rings (SSSR count). The Balaban J connectivity index is 2.04. The molecule has 1 fully saturated rings. The zero-order valence-electron chi connectivity index (χ0n) is 12.2. The molecule has 0 radical (unpaired) electrons. The van der Waals surface area contributed by atoms with Gasteiger partial charge in [-0.25, -0.2) is 0 Å². The first kappa shape index (κ1) is 14.9. The highest BCUT2D eigenvalue weighted by Crippen LogP contribution is 2.20. The van der Waals surface area contributed by atoms with Gasteiger partial charge in [0.1, 0.15) is 0 Å². The summed E-state index contributed by atoms with van der Waals surface area (Å²) in [6, 6.07) is 5.98. The van der Waals surface area contributed by atoms with Crippen LogP contribution in [-0.2, 0) is 0 Å². The first-order valence-corrected chi connectivity index (χ1v) is 7.59. The van der Waals surface area contributed by atoms with Crippen molar-refractivity contribution in [3.63, 3.8) is 0 Å². The molecule has 1 aromatic rings. The minimum atomic E-state index is -0.0211. The number of nitrogens with one attached hydrogen (secondary N) is 2. The average Bonchev–Trinajstić information content (AvgIpc) is 2.41. The van der Waals surface area contributed by atoms with E-state index in [1.807, 2.05) is 25.1 Å². The van der Waals surface area contributed by atoms with E-state index < -0.39 is 0 Å². The number of carbonyl (C=O) groups is 1. The van der Waals surface area contributed by atoms with Crippen molar-refractivity contribution in [3.8, 4) is 0 Å². The van der Waals surface area contributed by atoms with Gasteiger partial charge in [0.05, 0.1) is 11.3 Å². The van der Waals surface area contributed by atoms with Crippen LogP contribution >= 0.6 is 0 Å². The number of anilines is 1. The molecule has 0 unspecified atom stereocenters. The Morgan fingerprint density at radius 2 is 1.80 bits per heavy atom. The van der Waals surface area contributed by atoms with Gasteiger partial charge in [-0.2, -0.15) is 0 Å². The normalized spacial score (nSPS) is 17.1. The highest BCUT2D eigenvalue weighted by molar-refractivity contribution is 5.99. The molecular weight excluding hydrogens is 250 g/mol. The van der Waals surface area contributed by atoms with Crippen LogP contribution in [0.4, 0.5) is 5.69 Å². The van der Waals surface area contributed by atoms with Gasteiger partial charge in [-0.15, -0.1) is 0 Å². The Labute approximate surface area is 121 Å². The Kier molecular flexibility index (Phi) is 5.41. The quantitative estimate of drug-likeness (QED) is 0.586. The van der Waals surface area contributed by atoms with Gasteiger partial charge in [0.25, 0.3) is 5.91 Å². The topological polar surface area (TPSA) is 67.1 Å². The zero-order valence-corrected chi connectivity index (χ0v) is 12.2. The Morgan fingerprint density at radius 3 is 2.45 bits per heavy atom. The third-order valence-electron chi connectivity index (χ3n) is 4.02. The summed E-state index contributed by atoms with van der Waals surface area (Å²) in [5.41, 5.74) is 4.98. The number of carbonyl (C=O) groups excluding carboxylic acids is 1. The van der Waals surface area contributed by atoms with Crippen molar-refractivity contribution in [2.75, 3.05) is 5.43 Å². The number of nitrogen functional groups attached to an aromatic ring is 1. The van der Waals surface area contributed by atoms with Crippen LogP contribution in [0, 0.1) is 6.92 Å². The number of hydrogen-bond acceptors (Lipinski definition) is 3. The van der Waals surface area contributed by atoms with Crippen LogP contribution < -0.4 is 16.6 Å². The van der Waals surface area contributed by atoms with E-state index in [-0.39, 0.29) is 5.91 Å². The van der Waals surface area contributed by atoms with Gasteiger partial charge in [0.2, 0.25) is 0 Å². The predicted molar refractivity (Wildman–Crippen MR) is 82.6 cm³/mol. The summed E-state index contributed by atoms with van der Waals surface area (Å²) < 4.78 is 0. The monoisotopic (exact) mass is 275 g/mol. The summed E-state index contributed by atoms with van der Waals surface area (Å²) in [7, 11) is 0. The number of hydrogen-bond donors (Lipinski definition) is 3. The van der Waals surface area contributed by atoms with E-state index in [1.54, 1.807) is 0 Å². The van der Waals surface area contributed by atoms with E-state index in [0.29, 0.717) is 17.3 Å². The Hall–Kier alpha value is -1.55. The number of nitrogens with two attached hydrogens (primary N) is 1. The lowest BCUT2D eigenvalue weighted by Crippen LogP contribution is -2.35. The molecule has 4 nitrogen and oxygen atoms in total. The third-order valence-corrected chi connectivity index (χ3v) is 4.02. The van der Waals surface area contributed by atoms with E-state index >= 15 is 0 Å². The minimum Gasteiger partial charge on any atom is -0.349 e. The first-order valence-electron chi connectivity index (χ1n) is 7.59. The summed E-state index contributed by atoms with van der Waals surface area (Å²) in [6.07, 6.45) is 8.49. The van der Waals surface area contributed by atoms with Crippen molar-refractivity contribution in [2.45, 2.75) is 57.9 Å². The van der Waals surface area contributed by atoms with E-state index in [4.69, 9.17) is 5.84 Å². The van der Waals surface area contributed by atoms with Crippen LogP contribution in [0.2, 0.25) is 0 Å². The van der Waals surface area contributed by atoms with Gasteiger partial charge >= 0.3 is 0 Å². The van der Waals surface area contributed by atoms with Crippen LogP contribution in [0.25, 0.3) is 0 Å². The molecule has 0 bridgehead atoms. The van der Waals surface area contributed by atoms with Gasteiger partial charge in [-0.1, -0.05) is 43.7 Å². The van der Waals surface area contributed by atoms with Gasteiger partial charge in [0.15, 0.2) is 0 Å². The molecule has 1 aliphatic rings. The Morgan fingerprint density at radius 1 is 1.15 bits per heavy atom. The molecule has 0 spiro atoms. The number of hydrazine groups is 1. The smallest absolute Gasteiger partial charge is 0.253 e. The molecule has 1 aromatic carbocycles. The number of amides is 1. The van der Waals surface area contributed by atoms with Gasteiger partial charge in [-0.05, 0) is 31.9 Å². The molecule has 0 saturated heterocycles. The third kappa shape index (κ3) is 3.97. The molecule has 0 aliphatic heterocycles. The second-order valence-electron chi connectivity index (χ2n) is 5.71. The molecule has 4 N–H and O–H groups in total. The second-order valence-corrected chi connectivity index (χ2v) is 5.71. The van der Waals surface area contributed by atoms with Crippen LogP contribution in [0.3, 0.4) is 0 Å². The van der Waals surface area contributed by atoms with Crippen molar-refractivity contribution in [1.82, 2.24) is 5.32 Å². The molecular formula is C16H25N3O.